The smallest absolute Gasteiger partial charge is 0.319 e. The van der Waals surface area contributed by atoms with Gasteiger partial charge in [-0.1, -0.05) is 18.2 Å². The third-order valence-corrected chi connectivity index (χ3v) is 4.28. The van der Waals surface area contributed by atoms with Crippen LogP contribution in [0.2, 0.25) is 0 Å². The molecular weight excluding hydrogens is 340 g/mol. The van der Waals surface area contributed by atoms with Gasteiger partial charge < -0.3 is 15.8 Å². The Bertz CT molecular complexity index is 747. The van der Waals surface area contributed by atoms with Gasteiger partial charge in [-0.05, 0) is 43.3 Å². The summed E-state index contributed by atoms with van der Waals surface area (Å²) in [6, 6.07) is 15.6. The van der Waals surface area contributed by atoms with Crippen molar-refractivity contribution in [3.8, 4) is 0 Å². The van der Waals surface area contributed by atoms with Crippen molar-refractivity contribution >= 4 is 35.2 Å². The molecule has 0 bridgehead atoms. The quantitative estimate of drug-likeness (QED) is 0.585. The van der Waals surface area contributed by atoms with Crippen LogP contribution in [0.1, 0.15) is 17.3 Å². The van der Waals surface area contributed by atoms with Gasteiger partial charge in [-0.2, -0.15) is 0 Å². The molecule has 0 spiro atoms. The molecule has 2 aromatic rings. The highest BCUT2D eigenvalue weighted by Crippen LogP contribution is 2.23. The second kappa shape index (κ2) is 8.89. The summed E-state index contributed by atoms with van der Waals surface area (Å²) in [4.78, 5) is 35.7. The molecule has 0 aromatic heterocycles. The van der Waals surface area contributed by atoms with Crippen LogP contribution in [0, 0.1) is 0 Å². The molecule has 0 fully saturated rings. The van der Waals surface area contributed by atoms with E-state index in [9.17, 15) is 14.4 Å². The molecule has 0 heterocycles. The molecule has 0 saturated carbocycles. The maximum atomic E-state index is 11.9. The van der Waals surface area contributed by atoms with Crippen LogP contribution in [0.3, 0.4) is 0 Å². The maximum absolute atomic E-state index is 11.9. The van der Waals surface area contributed by atoms with E-state index in [-0.39, 0.29) is 6.61 Å². The summed E-state index contributed by atoms with van der Waals surface area (Å²) in [5, 5.41) is 2.15. The van der Waals surface area contributed by atoms with Gasteiger partial charge in [0.15, 0.2) is 6.61 Å². The molecule has 0 radical (unpaired) electrons. The monoisotopic (exact) mass is 358 g/mol. The fourth-order valence-electron chi connectivity index (χ4n) is 1.92. The first-order valence-corrected chi connectivity index (χ1v) is 8.41. The Kier molecular flexibility index (Phi) is 6.59. The number of carbonyl (C=O) groups is 3. The first kappa shape index (κ1) is 18.5. The van der Waals surface area contributed by atoms with Crippen molar-refractivity contribution in [2.75, 3.05) is 11.9 Å². The summed E-state index contributed by atoms with van der Waals surface area (Å²) >= 11 is 1.36. The van der Waals surface area contributed by atoms with Gasteiger partial charge in [0.05, 0.1) is 0 Å². The Morgan fingerprint density at radius 1 is 1.08 bits per heavy atom. The molecule has 0 aliphatic heterocycles. The van der Waals surface area contributed by atoms with Crippen LogP contribution in [-0.4, -0.2) is 29.6 Å². The lowest BCUT2D eigenvalue weighted by molar-refractivity contribution is -0.146. The lowest BCUT2D eigenvalue weighted by Crippen LogP contribution is -2.24. The lowest BCUT2D eigenvalue weighted by Gasteiger charge is -2.11. The van der Waals surface area contributed by atoms with Crippen LogP contribution in [0.5, 0.6) is 0 Å². The van der Waals surface area contributed by atoms with E-state index in [1.54, 1.807) is 19.1 Å². The van der Waals surface area contributed by atoms with Gasteiger partial charge in [0, 0.05) is 16.1 Å². The summed E-state index contributed by atoms with van der Waals surface area (Å²) in [6.45, 7) is 1.34. The van der Waals surface area contributed by atoms with E-state index in [1.165, 1.54) is 23.9 Å². The van der Waals surface area contributed by atoms with E-state index in [4.69, 9.17) is 10.5 Å². The zero-order chi connectivity index (χ0) is 18.2. The average molecular weight is 358 g/mol. The molecule has 0 aliphatic carbocycles. The SMILES string of the molecule is C[C@@H](Sc1ccccc1)C(=O)OCC(=O)Nc1ccc(C(N)=O)cc1. The lowest BCUT2D eigenvalue weighted by atomic mass is 10.2. The van der Waals surface area contributed by atoms with Crippen molar-refractivity contribution in [1.29, 1.82) is 0 Å². The fourth-order valence-corrected chi connectivity index (χ4v) is 2.81. The first-order chi connectivity index (χ1) is 12.0. The van der Waals surface area contributed by atoms with Crippen LogP contribution in [0.15, 0.2) is 59.5 Å². The molecule has 2 amide bonds. The Balaban J connectivity index is 1.78. The fraction of sp³-hybridized carbons (Fsp3) is 0.167. The Labute approximate surface area is 149 Å². The molecule has 2 rings (SSSR count). The summed E-state index contributed by atoms with van der Waals surface area (Å²) in [5.74, 6) is -1.47. The normalized spacial score (nSPS) is 11.4. The van der Waals surface area contributed by atoms with E-state index in [0.717, 1.165) is 4.90 Å². The molecule has 0 unspecified atom stereocenters. The van der Waals surface area contributed by atoms with Crippen molar-refractivity contribution in [2.45, 2.75) is 17.1 Å². The largest absolute Gasteiger partial charge is 0.455 e. The zero-order valence-corrected chi connectivity index (χ0v) is 14.4. The standard InChI is InChI=1S/C18H18N2O4S/c1-12(25-15-5-3-2-4-6-15)18(23)24-11-16(21)20-14-9-7-13(8-10-14)17(19)22/h2-10,12H,11H2,1H3,(H2,19,22)(H,20,21)/t12-/m1/s1. The minimum Gasteiger partial charge on any atom is -0.455 e. The number of benzene rings is 2. The zero-order valence-electron chi connectivity index (χ0n) is 13.6. The number of nitrogens with one attached hydrogen (secondary N) is 1. The highest BCUT2D eigenvalue weighted by atomic mass is 32.2. The number of ether oxygens (including phenoxy) is 1. The third kappa shape index (κ3) is 5.96. The summed E-state index contributed by atoms with van der Waals surface area (Å²) in [5.41, 5.74) is 5.97. The number of rotatable bonds is 7. The number of hydrogen-bond donors (Lipinski definition) is 2. The van der Waals surface area contributed by atoms with Crippen LogP contribution < -0.4 is 11.1 Å². The molecule has 0 aliphatic rings. The summed E-state index contributed by atoms with van der Waals surface area (Å²) in [7, 11) is 0. The number of anilines is 1. The number of carbonyl (C=O) groups excluding carboxylic acids is 3. The van der Waals surface area contributed by atoms with Gasteiger partial charge in [-0.25, -0.2) is 0 Å². The molecule has 130 valence electrons. The van der Waals surface area contributed by atoms with Crippen LogP contribution in [-0.2, 0) is 14.3 Å². The van der Waals surface area contributed by atoms with Gasteiger partial charge in [0.25, 0.3) is 5.91 Å². The van der Waals surface area contributed by atoms with Gasteiger partial charge in [-0.3, -0.25) is 14.4 Å². The van der Waals surface area contributed by atoms with Gasteiger partial charge in [-0.15, -0.1) is 11.8 Å². The van der Waals surface area contributed by atoms with Crippen molar-refractivity contribution in [1.82, 2.24) is 0 Å². The number of thioether (sulfide) groups is 1. The molecule has 7 heteroatoms. The molecular formula is C18H18N2O4S. The molecule has 2 aromatic carbocycles. The van der Waals surface area contributed by atoms with E-state index in [0.29, 0.717) is 11.3 Å². The van der Waals surface area contributed by atoms with Crippen LogP contribution in [0.4, 0.5) is 5.69 Å². The van der Waals surface area contributed by atoms with E-state index >= 15 is 0 Å². The molecule has 1 atom stereocenters. The number of hydrogen-bond acceptors (Lipinski definition) is 5. The highest BCUT2D eigenvalue weighted by molar-refractivity contribution is 8.00. The van der Waals surface area contributed by atoms with E-state index in [2.05, 4.69) is 5.32 Å². The molecule has 3 N–H and O–H groups in total. The first-order valence-electron chi connectivity index (χ1n) is 7.54. The minimum absolute atomic E-state index is 0.344. The second-order valence-corrected chi connectivity index (χ2v) is 6.58. The van der Waals surface area contributed by atoms with Gasteiger partial charge >= 0.3 is 5.97 Å². The highest BCUT2D eigenvalue weighted by Gasteiger charge is 2.17. The Morgan fingerprint density at radius 3 is 2.32 bits per heavy atom. The van der Waals surface area contributed by atoms with Crippen molar-refractivity contribution in [3.63, 3.8) is 0 Å². The Morgan fingerprint density at radius 2 is 1.72 bits per heavy atom. The van der Waals surface area contributed by atoms with Crippen LogP contribution >= 0.6 is 11.8 Å². The molecule has 0 saturated heterocycles. The summed E-state index contributed by atoms with van der Waals surface area (Å²) in [6.07, 6.45) is 0. The second-order valence-electron chi connectivity index (χ2n) is 5.17. The minimum atomic E-state index is -0.545. The summed E-state index contributed by atoms with van der Waals surface area (Å²) < 4.78 is 5.03. The van der Waals surface area contributed by atoms with E-state index < -0.39 is 23.0 Å². The Hall–Kier alpha value is -2.80. The maximum Gasteiger partial charge on any atom is 0.319 e. The predicted molar refractivity (Wildman–Crippen MR) is 96.3 cm³/mol. The number of nitrogens with two attached hydrogens (primary N) is 1. The van der Waals surface area contributed by atoms with Crippen molar-refractivity contribution in [2.24, 2.45) is 5.73 Å². The van der Waals surface area contributed by atoms with E-state index in [1.807, 2.05) is 30.3 Å². The van der Waals surface area contributed by atoms with Crippen molar-refractivity contribution in [3.05, 3.63) is 60.2 Å². The number of amides is 2. The van der Waals surface area contributed by atoms with Gasteiger partial charge in [0.1, 0.15) is 5.25 Å². The predicted octanol–water partition coefficient (Wildman–Crippen LogP) is 2.45. The number of esters is 1. The molecule has 25 heavy (non-hydrogen) atoms. The molecule has 6 nitrogen and oxygen atoms in total. The topological polar surface area (TPSA) is 98.5 Å². The number of primary amides is 1. The van der Waals surface area contributed by atoms with Crippen LogP contribution in [0.25, 0.3) is 0 Å². The van der Waals surface area contributed by atoms with Crippen molar-refractivity contribution < 1.29 is 19.1 Å². The third-order valence-electron chi connectivity index (χ3n) is 3.19. The van der Waals surface area contributed by atoms with Gasteiger partial charge in [0.2, 0.25) is 5.91 Å². The average Bonchev–Trinajstić information content (AvgIpc) is 2.61.